The molecule has 3 nitrogen and oxygen atoms in total. The van der Waals surface area contributed by atoms with Gasteiger partial charge in [0, 0.05) is 0 Å². The van der Waals surface area contributed by atoms with Gasteiger partial charge in [0.15, 0.2) is 0 Å². The first-order valence-corrected chi connectivity index (χ1v) is 5.53. The summed E-state index contributed by atoms with van der Waals surface area (Å²) in [5.74, 6) is -0.205. The molecule has 0 heterocycles. The topological polar surface area (TPSA) is 35.5 Å². The third-order valence-electron chi connectivity index (χ3n) is 2.14. The van der Waals surface area contributed by atoms with E-state index >= 15 is 0 Å². The zero-order chi connectivity index (χ0) is 11.8. The van der Waals surface area contributed by atoms with Crippen LogP contribution in [-0.4, -0.2) is 18.7 Å². The van der Waals surface area contributed by atoms with Gasteiger partial charge in [-0.2, -0.15) is 0 Å². The van der Waals surface area contributed by atoms with Crippen LogP contribution in [0.5, 0.6) is 0 Å². The Morgan fingerprint density at radius 3 is 2.62 bits per heavy atom. The van der Waals surface area contributed by atoms with Crippen molar-refractivity contribution in [1.29, 1.82) is 0 Å². The SMILES string of the molecule is CCOC(=O)C[C@@H](C)OCc1ccccc1. The molecule has 0 N–H and O–H groups in total. The summed E-state index contributed by atoms with van der Waals surface area (Å²) in [5, 5.41) is 0. The molecule has 1 aromatic rings. The molecule has 0 amide bonds. The zero-order valence-corrected chi connectivity index (χ0v) is 9.81. The van der Waals surface area contributed by atoms with Gasteiger partial charge in [-0.1, -0.05) is 30.3 Å². The Hall–Kier alpha value is -1.35. The van der Waals surface area contributed by atoms with Crippen molar-refractivity contribution >= 4 is 5.97 Å². The molecule has 0 aliphatic carbocycles. The standard InChI is InChI=1S/C13H18O3/c1-3-15-13(14)9-11(2)16-10-12-7-5-4-6-8-12/h4-8,11H,3,9-10H2,1-2H3/t11-/m1/s1. The van der Waals surface area contributed by atoms with Gasteiger partial charge in [0.25, 0.3) is 0 Å². The van der Waals surface area contributed by atoms with Crippen molar-refractivity contribution in [2.24, 2.45) is 0 Å². The van der Waals surface area contributed by atoms with Crippen LogP contribution in [-0.2, 0) is 20.9 Å². The molecular weight excluding hydrogens is 204 g/mol. The molecule has 1 aromatic carbocycles. The summed E-state index contributed by atoms with van der Waals surface area (Å²) in [5.41, 5.74) is 1.11. The Morgan fingerprint density at radius 2 is 2.00 bits per heavy atom. The van der Waals surface area contributed by atoms with Gasteiger partial charge in [-0.15, -0.1) is 0 Å². The third-order valence-corrected chi connectivity index (χ3v) is 2.14. The molecule has 1 atom stereocenters. The number of hydrogen-bond donors (Lipinski definition) is 0. The van der Waals surface area contributed by atoms with E-state index < -0.39 is 0 Å². The quantitative estimate of drug-likeness (QED) is 0.694. The summed E-state index contributed by atoms with van der Waals surface area (Å²) >= 11 is 0. The van der Waals surface area contributed by atoms with E-state index in [0.717, 1.165) is 5.56 Å². The number of carbonyl (C=O) groups is 1. The lowest BCUT2D eigenvalue weighted by atomic mass is 10.2. The van der Waals surface area contributed by atoms with Gasteiger partial charge in [-0.05, 0) is 19.4 Å². The number of ether oxygens (including phenoxy) is 2. The second kappa shape index (κ2) is 7.01. The van der Waals surface area contributed by atoms with E-state index in [1.54, 1.807) is 6.92 Å². The van der Waals surface area contributed by atoms with Crippen molar-refractivity contribution in [2.45, 2.75) is 33.0 Å². The highest BCUT2D eigenvalue weighted by molar-refractivity contribution is 5.69. The molecule has 0 aromatic heterocycles. The maximum atomic E-state index is 11.2. The predicted molar refractivity (Wildman–Crippen MR) is 61.9 cm³/mol. The van der Waals surface area contributed by atoms with E-state index in [0.29, 0.717) is 19.6 Å². The molecule has 0 aliphatic heterocycles. The second-order valence-electron chi connectivity index (χ2n) is 3.62. The van der Waals surface area contributed by atoms with Crippen LogP contribution in [0.2, 0.25) is 0 Å². The number of esters is 1. The van der Waals surface area contributed by atoms with Crippen LogP contribution >= 0.6 is 0 Å². The van der Waals surface area contributed by atoms with E-state index in [-0.39, 0.29) is 12.1 Å². The Kier molecular flexibility index (Phi) is 5.57. The predicted octanol–water partition coefficient (Wildman–Crippen LogP) is 2.54. The number of hydrogen-bond acceptors (Lipinski definition) is 3. The van der Waals surface area contributed by atoms with Crippen LogP contribution < -0.4 is 0 Å². The van der Waals surface area contributed by atoms with Crippen LogP contribution in [0.25, 0.3) is 0 Å². The highest BCUT2D eigenvalue weighted by atomic mass is 16.5. The Balaban J connectivity index is 2.25. The molecule has 1 rings (SSSR count). The summed E-state index contributed by atoms with van der Waals surface area (Å²) in [7, 11) is 0. The minimum Gasteiger partial charge on any atom is -0.466 e. The van der Waals surface area contributed by atoms with Crippen LogP contribution in [0, 0.1) is 0 Å². The van der Waals surface area contributed by atoms with Crippen LogP contribution in [0.15, 0.2) is 30.3 Å². The maximum absolute atomic E-state index is 11.2. The van der Waals surface area contributed by atoms with Crippen molar-refractivity contribution in [2.75, 3.05) is 6.61 Å². The lowest BCUT2D eigenvalue weighted by Gasteiger charge is -2.12. The molecular formula is C13H18O3. The van der Waals surface area contributed by atoms with E-state index in [1.165, 1.54) is 0 Å². The zero-order valence-electron chi connectivity index (χ0n) is 9.81. The highest BCUT2D eigenvalue weighted by Crippen LogP contribution is 2.06. The molecule has 0 spiro atoms. The Morgan fingerprint density at radius 1 is 1.31 bits per heavy atom. The summed E-state index contributed by atoms with van der Waals surface area (Å²) in [6.07, 6.45) is 0.194. The van der Waals surface area contributed by atoms with Crippen LogP contribution in [0.4, 0.5) is 0 Å². The summed E-state index contributed by atoms with van der Waals surface area (Å²) in [6, 6.07) is 9.89. The van der Waals surface area contributed by atoms with Crippen LogP contribution in [0.3, 0.4) is 0 Å². The molecule has 0 unspecified atom stereocenters. The minimum absolute atomic E-state index is 0.112. The van der Waals surface area contributed by atoms with E-state index in [9.17, 15) is 4.79 Å². The number of carbonyl (C=O) groups excluding carboxylic acids is 1. The summed E-state index contributed by atoms with van der Waals surface area (Å²) in [6.45, 7) is 4.62. The normalized spacial score (nSPS) is 12.1. The van der Waals surface area contributed by atoms with Crippen molar-refractivity contribution in [3.8, 4) is 0 Å². The van der Waals surface area contributed by atoms with Crippen molar-refractivity contribution in [3.63, 3.8) is 0 Å². The van der Waals surface area contributed by atoms with Gasteiger partial charge >= 0.3 is 5.97 Å². The maximum Gasteiger partial charge on any atom is 0.308 e. The minimum atomic E-state index is -0.205. The molecule has 0 saturated carbocycles. The van der Waals surface area contributed by atoms with Gasteiger partial charge in [-0.3, -0.25) is 4.79 Å². The molecule has 0 bridgehead atoms. The van der Waals surface area contributed by atoms with Crippen molar-refractivity contribution in [1.82, 2.24) is 0 Å². The van der Waals surface area contributed by atoms with Gasteiger partial charge in [0.1, 0.15) is 0 Å². The number of benzene rings is 1. The van der Waals surface area contributed by atoms with Crippen molar-refractivity contribution < 1.29 is 14.3 Å². The summed E-state index contributed by atoms with van der Waals surface area (Å²) < 4.78 is 10.4. The molecule has 3 heteroatoms. The first-order chi connectivity index (χ1) is 7.72. The molecule has 0 fully saturated rings. The van der Waals surface area contributed by atoms with Gasteiger partial charge in [0.2, 0.25) is 0 Å². The van der Waals surface area contributed by atoms with E-state index in [2.05, 4.69) is 0 Å². The van der Waals surface area contributed by atoms with Gasteiger partial charge in [-0.25, -0.2) is 0 Å². The fourth-order valence-electron chi connectivity index (χ4n) is 1.33. The lowest BCUT2D eigenvalue weighted by Crippen LogP contribution is -2.16. The molecule has 88 valence electrons. The largest absolute Gasteiger partial charge is 0.466 e. The average molecular weight is 222 g/mol. The first-order valence-electron chi connectivity index (χ1n) is 5.53. The van der Waals surface area contributed by atoms with Crippen LogP contribution in [0.1, 0.15) is 25.8 Å². The fraction of sp³-hybridized carbons (Fsp3) is 0.462. The second-order valence-corrected chi connectivity index (χ2v) is 3.62. The monoisotopic (exact) mass is 222 g/mol. The highest BCUT2D eigenvalue weighted by Gasteiger charge is 2.09. The number of rotatable bonds is 6. The Bertz CT molecular complexity index is 308. The van der Waals surface area contributed by atoms with Gasteiger partial charge < -0.3 is 9.47 Å². The fourth-order valence-corrected chi connectivity index (χ4v) is 1.33. The molecule has 0 radical (unpaired) electrons. The summed E-state index contributed by atoms with van der Waals surface area (Å²) in [4.78, 5) is 11.2. The molecule has 0 aliphatic rings. The van der Waals surface area contributed by atoms with Crippen molar-refractivity contribution in [3.05, 3.63) is 35.9 Å². The third kappa shape index (κ3) is 4.94. The average Bonchev–Trinajstić information content (AvgIpc) is 2.28. The van der Waals surface area contributed by atoms with E-state index in [4.69, 9.17) is 9.47 Å². The first kappa shape index (κ1) is 12.7. The van der Waals surface area contributed by atoms with Gasteiger partial charge in [0.05, 0.1) is 25.7 Å². The Labute approximate surface area is 96.4 Å². The molecule has 0 saturated heterocycles. The molecule has 16 heavy (non-hydrogen) atoms. The lowest BCUT2D eigenvalue weighted by molar-refractivity contribution is -0.146. The smallest absolute Gasteiger partial charge is 0.308 e. The van der Waals surface area contributed by atoms with E-state index in [1.807, 2.05) is 37.3 Å².